The molecule has 0 radical (unpaired) electrons. The van der Waals surface area contributed by atoms with Crippen LogP contribution in [-0.2, 0) is 21.2 Å². The average molecular weight is 419 g/mol. The first-order chi connectivity index (χ1) is 13.6. The average Bonchev–Trinajstić information content (AvgIpc) is 3.22. The number of piperazine rings is 1. The third kappa shape index (κ3) is 4.12. The molecule has 2 heterocycles. The van der Waals surface area contributed by atoms with Gasteiger partial charge in [0.2, 0.25) is 15.9 Å². The van der Waals surface area contributed by atoms with E-state index in [0.717, 1.165) is 33.6 Å². The maximum Gasteiger partial charge on any atom is 0.243 e. The van der Waals surface area contributed by atoms with E-state index >= 15 is 0 Å². The summed E-state index contributed by atoms with van der Waals surface area (Å²) in [6.45, 7) is 11.2. The van der Waals surface area contributed by atoms with Crippen LogP contribution in [-0.4, -0.2) is 49.7 Å². The minimum atomic E-state index is -3.60. The maximum atomic E-state index is 13.4. The molecule has 6 nitrogen and oxygen atoms in total. The molecule has 1 aliphatic rings. The summed E-state index contributed by atoms with van der Waals surface area (Å²) in [7, 11) is -3.60. The molecular formula is C22H30N2O4S. The summed E-state index contributed by atoms with van der Waals surface area (Å²) < 4.78 is 33.6. The largest absolute Gasteiger partial charge is 0.469 e. The number of hydrogen-bond donors (Lipinski definition) is 0. The number of hydrogen-bond acceptors (Lipinski definition) is 4. The van der Waals surface area contributed by atoms with E-state index in [2.05, 4.69) is 0 Å². The Morgan fingerprint density at radius 2 is 1.48 bits per heavy atom. The van der Waals surface area contributed by atoms with Crippen LogP contribution in [0.2, 0.25) is 0 Å². The third-order valence-electron chi connectivity index (χ3n) is 6.29. The Hall–Kier alpha value is -2.12. The highest BCUT2D eigenvalue weighted by molar-refractivity contribution is 7.89. The van der Waals surface area contributed by atoms with E-state index in [1.165, 1.54) is 4.31 Å². The molecular weight excluding hydrogens is 388 g/mol. The Labute approximate surface area is 173 Å². The van der Waals surface area contributed by atoms with Crippen LogP contribution < -0.4 is 0 Å². The molecule has 0 atom stereocenters. The topological polar surface area (TPSA) is 70.8 Å². The van der Waals surface area contributed by atoms with Crippen molar-refractivity contribution in [3.8, 4) is 0 Å². The second-order valence-corrected chi connectivity index (χ2v) is 9.69. The highest BCUT2D eigenvalue weighted by Crippen LogP contribution is 2.32. The number of rotatable bonds is 5. The Morgan fingerprint density at radius 1 is 0.931 bits per heavy atom. The molecule has 0 N–H and O–H groups in total. The van der Waals surface area contributed by atoms with Gasteiger partial charge in [0.25, 0.3) is 0 Å². The Kier molecular flexibility index (Phi) is 6.19. The Morgan fingerprint density at radius 3 is 2.00 bits per heavy atom. The van der Waals surface area contributed by atoms with Gasteiger partial charge in [-0.05, 0) is 74.6 Å². The van der Waals surface area contributed by atoms with Crippen molar-refractivity contribution in [2.24, 2.45) is 0 Å². The van der Waals surface area contributed by atoms with Crippen LogP contribution in [0.5, 0.6) is 0 Å². The molecule has 1 aromatic carbocycles. The van der Waals surface area contributed by atoms with Gasteiger partial charge in [-0.15, -0.1) is 0 Å². The van der Waals surface area contributed by atoms with Gasteiger partial charge >= 0.3 is 0 Å². The van der Waals surface area contributed by atoms with Crippen molar-refractivity contribution in [1.82, 2.24) is 9.21 Å². The zero-order valence-corrected chi connectivity index (χ0v) is 18.7. The fourth-order valence-corrected chi connectivity index (χ4v) is 5.98. The lowest BCUT2D eigenvalue weighted by Gasteiger charge is -2.35. The van der Waals surface area contributed by atoms with Crippen molar-refractivity contribution in [3.63, 3.8) is 0 Å². The summed E-state index contributed by atoms with van der Waals surface area (Å²) in [6.07, 6.45) is 2.53. The highest BCUT2D eigenvalue weighted by Gasteiger charge is 2.33. The van der Waals surface area contributed by atoms with Crippen LogP contribution in [0.4, 0.5) is 0 Å². The molecule has 1 saturated heterocycles. The molecule has 29 heavy (non-hydrogen) atoms. The minimum Gasteiger partial charge on any atom is -0.469 e. The normalized spacial score (nSPS) is 15.7. The number of sulfonamides is 1. The summed E-state index contributed by atoms with van der Waals surface area (Å²) in [5.74, 6) is 0.823. The van der Waals surface area contributed by atoms with Crippen molar-refractivity contribution in [2.75, 3.05) is 26.2 Å². The molecule has 2 aromatic rings. The lowest BCUT2D eigenvalue weighted by atomic mass is 9.95. The fourth-order valence-electron chi connectivity index (χ4n) is 4.00. The van der Waals surface area contributed by atoms with Crippen molar-refractivity contribution >= 4 is 15.9 Å². The van der Waals surface area contributed by atoms with E-state index in [9.17, 15) is 13.2 Å². The molecule has 0 aliphatic carbocycles. The molecule has 7 heteroatoms. The van der Waals surface area contributed by atoms with Gasteiger partial charge < -0.3 is 9.32 Å². The first-order valence-corrected chi connectivity index (χ1v) is 11.5. The summed E-state index contributed by atoms with van der Waals surface area (Å²) in [4.78, 5) is 14.6. The zero-order valence-electron chi connectivity index (χ0n) is 17.9. The van der Waals surface area contributed by atoms with Gasteiger partial charge in [0.15, 0.2) is 0 Å². The van der Waals surface area contributed by atoms with Gasteiger partial charge in [-0.3, -0.25) is 4.79 Å². The number of benzene rings is 1. The first-order valence-electron chi connectivity index (χ1n) is 10.0. The summed E-state index contributed by atoms with van der Waals surface area (Å²) >= 11 is 0. The molecule has 1 aromatic heterocycles. The van der Waals surface area contributed by atoms with Gasteiger partial charge in [-0.2, -0.15) is 4.31 Å². The number of nitrogens with zero attached hydrogens (tertiary/aromatic N) is 2. The number of furan rings is 1. The van der Waals surface area contributed by atoms with Crippen molar-refractivity contribution in [2.45, 2.75) is 52.4 Å². The second-order valence-electron chi connectivity index (χ2n) is 7.82. The minimum absolute atomic E-state index is 0.0350. The van der Waals surface area contributed by atoms with Gasteiger partial charge in [-0.25, -0.2) is 8.42 Å². The Balaban J connectivity index is 1.71. The number of aryl methyl sites for hydroxylation is 1. The van der Waals surface area contributed by atoms with E-state index in [-0.39, 0.29) is 5.91 Å². The van der Waals surface area contributed by atoms with E-state index in [0.29, 0.717) is 43.9 Å². The Bertz CT molecular complexity index is 973. The van der Waals surface area contributed by atoms with E-state index in [4.69, 9.17) is 4.42 Å². The van der Waals surface area contributed by atoms with Gasteiger partial charge in [0.05, 0.1) is 11.2 Å². The molecule has 1 amide bonds. The SMILES string of the molecule is Cc1c(C)c(C)c(S(=O)(=O)N2CCN(C(=O)CCc3ccco3)CC2)c(C)c1C. The number of amides is 1. The van der Waals surface area contributed by atoms with Crippen molar-refractivity contribution in [1.29, 1.82) is 0 Å². The lowest BCUT2D eigenvalue weighted by molar-refractivity contribution is -0.132. The predicted octanol–water partition coefficient (Wildman–Crippen LogP) is 3.29. The van der Waals surface area contributed by atoms with Crippen LogP contribution >= 0.6 is 0 Å². The third-order valence-corrected chi connectivity index (χ3v) is 8.46. The summed E-state index contributed by atoms with van der Waals surface area (Å²) in [5, 5.41) is 0. The quantitative estimate of drug-likeness (QED) is 0.747. The van der Waals surface area contributed by atoms with E-state index in [1.54, 1.807) is 11.2 Å². The maximum absolute atomic E-state index is 13.4. The van der Waals surface area contributed by atoms with E-state index in [1.807, 2.05) is 46.8 Å². The van der Waals surface area contributed by atoms with Crippen LogP contribution in [0.25, 0.3) is 0 Å². The van der Waals surface area contributed by atoms with Crippen LogP contribution in [0.3, 0.4) is 0 Å². The summed E-state index contributed by atoms with van der Waals surface area (Å²) in [5.41, 5.74) is 4.84. The fraction of sp³-hybridized carbons (Fsp3) is 0.500. The van der Waals surface area contributed by atoms with Crippen LogP contribution in [0, 0.1) is 34.6 Å². The monoisotopic (exact) mass is 418 g/mol. The molecule has 0 unspecified atom stereocenters. The lowest BCUT2D eigenvalue weighted by Crippen LogP contribution is -2.50. The number of carbonyl (C=O) groups excluding carboxylic acids is 1. The van der Waals surface area contributed by atoms with Crippen LogP contribution in [0.15, 0.2) is 27.7 Å². The summed E-state index contributed by atoms with van der Waals surface area (Å²) in [6, 6.07) is 3.66. The number of carbonyl (C=O) groups is 1. The molecule has 1 aliphatic heterocycles. The standard InChI is InChI=1S/C22H30N2O4S/c1-15-16(2)18(4)22(19(5)17(15)3)29(26,27)24-12-10-23(11-13-24)21(25)9-8-20-7-6-14-28-20/h6-7,14H,8-13H2,1-5H3. The smallest absolute Gasteiger partial charge is 0.243 e. The van der Waals surface area contributed by atoms with Gasteiger partial charge in [-0.1, -0.05) is 0 Å². The van der Waals surface area contributed by atoms with E-state index < -0.39 is 10.0 Å². The van der Waals surface area contributed by atoms with Gasteiger partial charge in [0, 0.05) is 39.0 Å². The van der Waals surface area contributed by atoms with Gasteiger partial charge in [0.1, 0.15) is 5.76 Å². The molecule has 1 fully saturated rings. The second kappa shape index (κ2) is 8.32. The molecule has 3 rings (SSSR count). The van der Waals surface area contributed by atoms with Crippen molar-refractivity contribution < 1.29 is 17.6 Å². The van der Waals surface area contributed by atoms with Crippen molar-refractivity contribution in [3.05, 3.63) is 52.0 Å². The highest BCUT2D eigenvalue weighted by atomic mass is 32.2. The first kappa shape index (κ1) is 21.6. The predicted molar refractivity (Wildman–Crippen MR) is 112 cm³/mol. The molecule has 0 spiro atoms. The zero-order chi connectivity index (χ0) is 21.3. The molecule has 0 bridgehead atoms. The molecule has 158 valence electrons. The van der Waals surface area contributed by atoms with Crippen LogP contribution in [0.1, 0.15) is 40.0 Å². The molecule has 0 saturated carbocycles.